The number of nitrogens with one attached hydrogen (secondary N) is 2. The number of thioether (sulfide) groups is 1. The Morgan fingerprint density at radius 3 is 2.79 bits per heavy atom. The molecule has 0 saturated carbocycles. The first kappa shape index (κ1) is 18.8. The zero-order valence-corrected chi connectivity index (χ0v) is 17.7. The Balaban J connectivity index is 1.75. The molecule has 0 spiro atoms. The van der Waals surface area contributed by atoms with Gasteiger partial charge in [-0.1, -0.05) is 35.5 Å². The van der Waals surface area contributed by atoms with E-state index in [1.165, 1.54) is 17.3 Å². The van der Waals surface area contributed by atoms with Crippen LogP contribution in [0.1, 0.15) is 29.0 Å². The fourth-order valence-corrected chi connectivity index (χ4v) is 4.53. The van der Waals surface area contributed by atoms with Crippen molar-refractivity contribution >= 4 is 40.6 Å². The monoisotopic (exact) mass is 411 g/mol. The number of thiophene rings is 1. The van der Waals surface area contributed by atoms with Crippen LogP contribution in [0.15, 0.2) is 52.1 Å². The molecule has 0 aliphatic carbocycles. The molecular weight excluding hydrogens is 390 g/mol. The molecule has 1 aliphatic rings. The molecule has 0 fully saturated rings. The van der Waals surface area contributed by atoms with Gasteiger partial charge in [-0.2, -0.15) is 4.98 Å². The smallest absolute Gasteiger partial charge is 0.255 e. The van der Waals surface area contributed by atoms with Crippen molar-refractivity contribution < 1.29 is 4.79 Å². The summed E-state index contributed by atoms with van der Waals surface area (Å²) in [5.74, 6) is 0.519. The summed E-state index contributed by atoms with van der Waals surface area (Å²) in [6.07, 6.45) is 1.94. The van der Waals surface area contributed by atoms with Gasteiger partial charge in [-0.3, -0.25) is 4.79 Å². The summed E-state index contributed by atoms with van der Waals surface area (Å²) in [6.45, 7) is 5.95. The zero-order chi connectivity index (χ0) is 19.8. The Kier molecular flexibility index (Phi) is 4.99. The predicted molar refractivity (Wildman–Crippen MR) is 115 cm³/mol. The molecule has 3 heterocycles. The van der Waals surface area contributed by atoms with Crippen LogP contribution < -0.4 is 10.6 Å². The van der Waals surface area contributed by atoms with Crippen molar-refractivity contribution in [2.24, 2.45) is 0 Å². The van der Waals surface area contributed by atoms with E-state index in [1.807, 2.05) is 61.4 Å². The molecule has 3 aromatic rings. The van der Waals surface area contributed by atoms with Crippen LogP contribution in [0.25, 0.3) is 0 Å². The lowest BCUT2D eigenvalue weighted by Gasteiger charge is -2.27. The molecule has 0 saturated heterocycles. The molecule has 8 heteroatoms. The maximum Gasteiger partial charge on any atom is 0.255 e. The Bertz CT molecular complexity index is 1070. The van der Waals surface area contributed by atoms with Gasteiger partial charge in [-0.25, -0.2) is 4.68 Å². The second-order valence-electron chi connectivity index (χ2n) is 6.72. The van der Waals surface area contributed by atoms with Crippen LogP contribution in [0.4, 0.5) is 11.6 Å². The molecule has 4 rings (SSSR count). The van der Waals surface area contributed by atoms with Gasteiger partial charge in [0, 0.05) is 16.3 Å². The van der Waals surface area contributed by atoms with Gasteiger partial charge in [0.15, 0.2) is 0 Å². The number of allylic oxidation sites excluding steroid dienone is 1. The van der Waals surface area contributed by atoms with Crippen LogP contribution in [-0.4, -0.2) is 26.9 Å². The van der Waals surface area contributed by atoms with Gasteiger partial charge in [0.25, 0.3) is 5.91 Å². The number of aryl methyl sites for hydroxylation is 2. The number of hydrogen-bond acceptors (Lipinski definition) is 6. The summed E-state index contributed by atoms with van der Waals surface area (Å²) in [7, 11) is 0. The lowest BCUT2D eigenvalue weighted by Crippen LogP contribution is -2.31. The molecule has 2 N–H and O–H groups in total. The number of carbonyl (C=O) groups excluding carboxylic acids is 1. The molecular formula is C20H21N5OS2. The van der Waals surface area contributed by atoms with E-state index in [0.29, 0.717) is 16.7 Å². The van der Waals surface area contributed by atoms with E-state index in [4.69, 9.17) is 0 Å². The Morgan fingerprint density at radius 1 is 1.29 bits per heavy atom. The maximum absolute atomic E-state index is 13.3. The standard InChI is InChI=1S/C20H21N5OS2/c1-11-7-8-14(12(2)10-11)22-18(26)16-13(3)21-19-23-20(27-4)24-25(19)17(16)15-6-5-9-28-15/h5-10,17H,1-4H3,(H,22,26)(H,21,23,24)/t17-/m0/s1. The van der Waals surface area contributed by atoms with E-state index in [2.05, 4.69) is 26.8 Å². The van der Waals surface area contributed by atoms with Gasteiger partial charge in [0.2, 0.25) is 11.1 Å². The average molecular weight is 412 g/mol. The second kappa shape index (κ2) is 7.44. The number of hydrogen-bond donors (Lipinski definition) is 2. The molecule has 1 amide bonds. The summed E-state index contributed by atoms with van der Waals surface area (Å²) in [5, 5.41) is 13.6. The Morgan fingerprint density at radius 2 is 2.11 bits per heavy atom. The first-order valence-corrected chi connectivity index (χ1v) is 11.0. The number of benzene rings is 1. The van der Waals surface area contributed by atoms with Gasteiger partial charge in [0.05, 0.1) is 5.57 Å². The number of anilines is 2. The van der Waals surface area contributed by atoms with E-state index < -0.39 is 0 Å². The SMILES string of the molecule is CSc1nc2n(n1)[C@@H](c1cccs1)C(C(=O)Nc1ccc(C)cc1C)=C(C)N2. The fraction of sp³-hybridized carbons (Fsp3) is 0.250. The van der Waals surface area contributed by atoms with Crippen molar-refractivity contribution in [3.05, 3.63) is 63.0 Å². The zero-order valence-electron chi connectivity index (χ0n) is 16.1. The van der Waals surface area contributed by atoms with E-state index in [9.17, 15) is 4.79 Å². The number of carbonyl (C=O) groups is 1. The number of fused-ring (bicyclic) bond motifs is 1. The van der Waals surface area contributed by atoms with Gasteiger partial charge in [0.1, 0.15) is 6.04 Å². The van der Waals surface area contributed by atoms with E-state index in [1.54, 1.807) is 11.3 Å². The summed E-state index contributed by atoms with van der Waals surface area (Å²) >= 11 is 3.09. The highest BCUT2D eigenvalue weighted by Gasteiger charge is 2.35. The summed E-state index contributed by atoms with van der Waals surface area (Å²) in [6, 6.07) is 9.72. The van der Waals surface area contributed by atoms with Crippen molar-refractivity contribution in [1.82, 2.24) is 14.8 Å². The first-order chi connectivity index (χ1) is 13.5. The molecule has 1 aromatic carbocycles. The molecule has 144 valence electrons. The Hall–Kier alpha value is -2.58. The highest BCUT2D eigenvalue weighted by molar-refractivity contribution is 7.98. The largest absolute Gasteiger partial charge is 0.328 e. The lowest BCUT2D eigenvalue weighted by molar-refractivity contribution is -0.113. The van der Waals surface area contributed by atoms with Gasteiger partial charge < -0.3 is 10.6 Å². The van der Waals surface area contributed by atoms with E-state index >= 15 is 0 Å². The third-order valence-corrected chi connectivity index (χ3v) is 6.17. The van der Waals surface area contributed by atoms with Crippen LogP contribution >= 0.6 is 23.1 Å². The third kappa shape index (κ3) is 3.33. The van der Waals surface area contributed by atoms with Crippen molar-refractivity contribution in [3.8, 4) is 0 Å². The van der Waals surface area contributed by atoms with E-state index in [0.717, 1.165) is 21.8 Å². The first-order valence-electron chi connectivity index (χ1n) is 8.88. The van der Waals surface area contributed by atoms with Crippen molar-refractivity contribution in [2.75, 3.05) is 16.9 Å². The molecule has 1 aliphatic heterocycles. The number of amides is 1. The number of nitrogens with zero attached hydrogens (tertiary/aromatic N) is 3. The number of rotatable bonds is 4. The highest BCUT2D eigenvalue weighted by Crippen LogP contribution is 2.38. The molecule has 6 nitrogen and oxygen atoms in total. The molecule has 2 aromatic heterocycles. The van der Waals surface area contributed by atoms with E-state index in [-0.39, 0.29) is 11.9 Å². The maximum atomic E-state index is 13.3. The second-order valence-corrected chi connectivity index (χ2v) is 8.47. The summed E-state index contributed by atoms with van der Waals surface area (Å²) in [4.78, 5) is 18.9. The van der Waals surface area contributed by atoms with Crippen molar-refractivity contribution in [2.45, 2.75) is 32.0 Å². The van der Waals surface area contributed by atoms with Crippen LogP contribution in [-0.2, 0) is 4.79 Å². The minimum atomic E-state index is -0.310. The highest BCUT2D eigenvalue weighted by atomic mass is 32.2. The van der Waals surface area contributed by atoms with Gasteiger partial charge in [-0.15, -0.1) is 16.4 Å². The predicted octanol–water partition coefficient (Wildman–Crippen LogP) is 4.61. The average Bonchev–Trinajstić information content (AvgIpc) is 3.32. The third-order valence-electron chi connectivity index (χ3n) is 4.70. The van der Waals surface area contributed by atoms with Crippen LogP contribution in [0.5, 0.6) is 0 Å². The van der Waals surface area contributed by atoms with Crippen molar-refractivity contribution in [1.29, 1.82) is 0 Å². The fourth-order valence-electron chi connectivity index (χ4n) is 3.37. The molecule has 0 radical (unpaired) electrons. The molecule has 1 atom stereocenters. The lowest BCUT2D eigenvalue weighted by atomic mass is 10.0. The number of aromatic nitrogens is 3. The molecule has 28 heavy (non-hydrogen) atoms. The topological polar surface area (TPSA) is 71.8 Å². The minimum absolute atomic E-state index is 0.137. The van der Waals surface area contributed by atoms with Gasteiger partial charge in [-0.05, 0) is 50.1 Å². The molecule has 0 bridgehead atoms. The Labute approximate surface area is 172 Å². The minimum Gasteiger partial charge on any atom is -0.328 e. The quantitative estimate of drug-likeness (QED) is 0.614. The summed E-state index contributed by atoms with van der Waals surface area (Å²) in [5.41, 5.74) is 4.45. The van der Waals surface area contributed by atoms with Gasteiger partial charge >= 0.3 is 0 Å². The normalized spacial score (nSPS) is 15.9. The molecule has 0 unspecified atom stereocenters. The van der Waals surface area contributed by atoms with Crippen LogP contribution in [0.2, 0.25) is 0 Å². The summed E-state index contributed by atoms with van der Waals surface area (Å²) < 4.78 is 1.81. The van der Waals surface area contributed by atoms with Crippen LogP contribution in [0.3, 0.4) is 0 Å². The van der Waals surface area contributed by atoms with Crippen LogP contribution in [0, 0.1) is 13.8 Å². The van der Waals surface area contributed by atoms with Crippen molar-refractivity contribution in [3.63, 3.8) is 0 Å².